The molecular weight excluding hydrogens is 268 g/mol. The molecule has 0 aliphatic carbocycles. The van der Waals surface area contributed by atoms with Crippen LogP contribution in [0.4, 0.5) is 0 Å². The summed E-state index contributed by atoms with van der Waals surface area (Å²) < 4.78 is 0. The summed E-state index contributed by atoms with van der Waals surface area (Å²) >= 11 is 0. The van der Waals surface area contributed by atoms with Crippen molar-refractivity contribution in [1.29, 1.82) is 0 Å². The zero-order valence-electron chi connectivity index (χ0n) is 12.4. The SMILES string of the molecule is CN(CCN1C(=O)CCC1=O)C(CCO)c1ccccc1. The Morgan fingerprint density at radius 3 is 2.38 bits per heavy atom. The summed E-state index contributed by atoms with van der Waals surface area (Å²) in [5.41, 5.74) is 1.13. The maximum atomic E-state index is 11.6. The second kappa shape index (κ2) is 7.33. The number of aliphatic hydroxyl groups excluding tert-OH is 1. The lowest BCUT2D eigenvalue weighted by Gasteiger charge is -2.29. The fourth-order valence-corrected chi connectivity index (χ4v) is 2.72. The number of amides is 2. The van der Waals surface area contributed by atoms with Crippen LogP contribution in [0.5, 0.6) is 0 Å². The number of aliphatic hydroxyl groups is 1. The molecule has 1 heterocycles. The first-order valence-electron chi connectivity index (χ1n) is 7.32. The standard InChI is InChI=1S/C16H22N2O3/c1-17(10-11-18-15(20)7-8-16(18)21)14(9-12-19)13-5-3-2-4-6-13/h2-6,14,19H,7-12H2,1H3. The van der Waals surface area contributed by atoms with Crippen LogP contribution in [0.2, 0.25) is 0 Å². The predicted molar refractivity (Wildman–Crippen MR) is 79.5 cm³/mol. The first-order chi connectivity index (χ1) is 10.1. The summed E-state index contributed by atoms with van der Waals surface area (Å²) in [6.07, 6.45) is 1.30. The zero-order valence-corrected chi connectivity index (χ0v) is 12.4. The van der Waals surface area contributed by atoms with E-state index in [-0.39, 0.29) is 24.5 Å². The maximum Gasteiger partial charge on any atom is 0.229 e. The molecule has 1 aromatic rings. The largest absolute Gasteiger partial charge is 0.396 e. The summed E-state index contributed by atoms with van der Waals surface area (Å²) in [5.74, 6) is -0.154. The van der Waals surface area contributed by atoms with E-state index in [0.29, 0.717) is 32.4 Å². The first kappa shape index (κ1) is 15.7. The highest BCUT2D eigenvalue weighted by atomic mass is 16.3. The van der Waals surface area contributed by atoms with E-state index < -0.39 is 0 Å². The Balaban J connectivity index is 1.97. The van der Waals surface area contributed by atoms with Gasteiger partial charge in [0.05, 0.1) is 0 Å². The number of carbonyl (C=O) groups is 2. The first-order valence-corrected chi connectivity index (χ1v) is 7.32. The number of benzene rings is 1. The number of likely N-dealkylation sites (N-methyl/N-ethyl adjacent to an activating group) is 1. The molecule has 114 valence electrons. The number of imide groups is 1. The van der Waals surface area contributed by atoms with Gasteiger partial charge in [0.25, 0.3) is 0 Å². The van der Waals surface area contributed by atoms with Gasteiger partial charge in [-0.1, -0.05) is 30.3 Å². The van der Waals surface area contributed by atoms with Crippen LogP contribution in [0.3, 0.4) is 0 Å². The lowest BCUT2D eigenvalue weighted by atomic mass is 10.0. The molecule has 0 radical (unpaired) electrons. The quantitative estimate of drug-likeness (QED) is 0.766. The van der Waals surface area contributed by atoms with Crippen molar-refractivity contribution >= 4 is 11.8 Å². The summed E-state index contributed by atoms with van der Waals surface area (Å²) in [7, 11) is 1.96. The van der Waals surface area contributed by atoms with Gasteiger partial charge in [0.1, 0.15) is 0 Å². The van der Waals surface area contributed by atoms with Crippen molar-refractivity contribution in [1.82, 2.24) is 9.80 Å². The molecule has 0 saturated carbocycles. The fraction of sp³-hybridized carbons (Fsp3) is 0.500. The molecule has 1 aromatic carbocycles. The van der Waals surface area contributed by atoms with Crippen molar-refractivity contribution in [3.63, 3.8) is 0 Å². The molecule has 0 aromatic heterocycles. The van der Waals surface area contributed by atoms with Crippen LogP contribution in [-0.2, 0) is 9.59 Å². The van der Waals surface area contributed by atoms with Crippen LogP contribution in [-0.4, -0.2) is 53.5 Å². The minimum atomic E-state index is -0.0770. The lowest BCUT2D eigenvalue weighted by Crippen LogP contribution is -2.38. The van der Waals surface area contributed by atoms with Crippen LogP contribution in [0.1, 0.15) is 30.9 Å². The van der Waals surface area contributed by atoms with Crippen LogP contribution >= 0.6 is 0 Å². The number of likely N-dealkylation sites (tertiary alicyclic amines) is 1. The van der Waals surface area contributed by atoms with Gasteiger partial charge in [0.15, 0.2) is 0 Å². The van der Waals surface area contributed by atoms with Crippen molar-refractivity contribution in [2.24, 2.45) is 0 Å². The van der Waals surface area contributed by atoms with Gasteiger partial charge in [0.2, 0.25) is 11.8 Å². The highest BCUT2D eigenvalue weighted by molar-refractivity contribution is 6.01. The number of rotatable bonds is 7. The van der Waals surface area contributed by atoms with E-state index in [2.05, 4.69) is 4.90 Å². The van der Waals surface area contributed by atoms with E-state index in [9.17, 15) is 14.7 Å². The summed E-state index contributed by atoms with van der Waals surface area (Å²) in [6, 6.07) is 10.1. The molecule has 1 fully saturated rings. The van der Waals surface area contributed by atoms with Crippen molar-refractivity contribution in [3.05, 3.63) is 35.9 Å². The Labute approximate surface area is 125 Å². The topological polar surface area (TPSA) is 60.9 Å². The maximum absolute atomic E-state index is 11.6. The van der Waals surface area contributed by atoms with E-state index in [1.54, 1.807) is 0 Å². The molecule has 1 aliphatic heterocycles. The third-order valence-corrected chi connectivity index (χ3v) is 3.95. The van der Waals surface area contributed by atoms with E-state index >= 15 is 0 Å². The third kappa shape index (κ3) is 3.89. The van der Waals surface area contributed by atoms with Crippen LogP contribution in [0, 0.1) is 0 Å². The van der Waals surface area contributed by atoms with Crippen molar-refractivity contribution in [2.45, 2.75) is 25.3 Å². The summed E-state index contributed by atoms with van der Waals surface area (Å²) in [5, 5.41) is 9.27. The number of hydrogen-bond donors (Lipinski definition) is 1. The van der Waals surface area contributed by atoms with Gasteiger partial charge in [-0.25, -0.2) is 0 Å². The molecule has 1 saturated heterocycles. The highest BCUT2D eigenvalue weighted by Crippen LogP contribution is 2.22. The molecular formula is C16H22N2O3. The van der Waals surface area contributed by atoms with Crippen LogP contribution < -0.4 is 0 Å². The zero-order chi connectivity index (χ0) is 15.2. The van der Waals surface area contributed by atoms with Crippen molar-refractivity contribution < 1.29 is 14.7 Å². The van der Waals surface area contributed by atoms with E-state index in [4.69, 9.17) is 0 Å². The monoisotopic (exact) mass is 290 g/mol. The molecule has 2 amide bonds. The number of carbonyl (C=O) groups excluding carboxylic acids is 2. The average molecular weight is 290 g/mol. The Morgan fingerprint density at radius 2 is 1.81 bits per heavy atom. The molecule has 21 heavy (non-hydrogen) atoms. The molecule has 1 atom stereocenters. The van der Waals surface area contributed by atoms with Gasteiger partial charge in [-0.3, -0.25) is 19.4 Å². The molecule has 1 N–H and O–H groups in total. The number of hydrogen-bond acceptors (Lipinski definition) is 4. The van der Waals surface area contributed by atoms with Gasteiger partial charge in [-0.2, -0.15) is 0 Å². The Kier molecular flexibility index (Phi) is 5.47. The van der Waals surface area contributed by atoms with Gasteiger partial charge in [0, 0.05) is 38.6 Å². The lowest BCUT2D eigenvalue weighted by molar-refractivity contribution is -0.138. The number of nitrogens with zero attached hydrogens (tertiary/aromatic N) is 2. The van der Waals surface area contributed by atoms with Gasteiger partial charge < -0.3 is 5.11 Å². The molecule has 5 heteroatoms. The fourth-order valence-electron chi connectivity index (χ4n) is 2.72. The van der Waals surface area contributed by atoms with E-state index in [1.165, 1.54) is 4.90 Å². The smallest absolute Gasteiger partial charge is 0.229 e. The minimum Gasteiger partial charge on any atom is -0.396 e. The molecule has 2 rings (SSSR count). The molecule has 1 aliphatic rings. The predicted octanol–water partition coefficient (Wildman–Crippen LogP) is 1.19. The second-order valence-electron chi connectivity index (χ2n) is 5.36. The molecule has 0 bridgehead atoms. The second-order valence-corrected chi connectivity index (χ2v) is 5.36. The van der Waals surface area contributed by atoms with Gasteiger partial charge in [-0.05, 0) is 19.0 Å². The summed E-state index contributed by atoms with van der Waals surface area (Å²) in [4.78, 5) is 26.7. The third-order valence-electron chi connectivity index (χ3n) is 3.95. The average Bonchev–Trinajstić information content (AvgIpc) is 2.82. The summed E-state index contributed by atoms with van der Waals surface area (Å²) in [6.45, 7) is 1.13. The van der Waals surface area contributed by atoms with Crippen LogP contribution in [0.15, 0.2) is 30.3 Å². The van der Waals surface area contributed by atoms with Gasteiger partial charge >= 0.3 is 0 Å². The van der Waals surface area contributed by atoms with Crippen molar-refractivity contribution in [3.8, 4) is 0 Å². The van der Waals surface area contributed by atoms with E-state index in [1.807, 2.05) is 37.4 Å². The highest BCUT2D eigenvalue weighted by Gasteiger charge is 2.29. The van der Waals surface area contributed by atoms with E-state index in [0.717, 1.165) is 5.56 Å². The molecule has 5 nitrogen and oxygen atoms in total. The van der Waals surface area contributed by atoms with Crippen molar-refractivity contribution in [2.75, 3.05) is 26.7 Å². The Morgan fingerprint density at radius 1 is 1.19 bits per heavy atom. The molecule has 1 unspecified atom stereocenters. The Bertz CT molecular complexity index is 474. The minimum absolute atomic E-state index is 0.0770. The molecule has 0 spiro atoms. The Hall–Kier alpha value is -1.72. The van der Waals surface area contributed by atoms with Crippen LogP contribution in [0.25, 0.3) is 0 Å². The van der Waals surface area contributed by atoms with Gasteiger partial charge in [-0.15, -0.1) is 0 Å². The normalized spacial score (nSPS) is 16.8.